The zero-order valence-corrected chi connectivity index (χ0v) is 12.9. The highest BCUT2D eigenvalue weighted by Crippen LogP contribution is 2.24. The summed E-state index contributed by atoms with van der Waals surface area (Å²) < 4.78 is 0. The van der Waals surface area contributed by atoms with E-state index in [4.69, 9.17) is 0 Å². The van der Waals surface area contributed by atoms with Gasteiger partial charge in [-0.1, -0.05) is 18.2 Å². The molecular formula is C17H20N4O. The number of nitrogens with one attached hydrogen (secondary N) is 1. The molecule has 3 rings (SSSR count). The van der Waals surface area contributed by atoms with Crippen LogP contribution in [-0.4, -0.2) is 28.5 Å². The number of para-hydroxylation sites is 1. The van der Waals surface area contributed by atoms with E-state index in [2.05, 4.69) is 15.3 Å². The van der Waals surface area contributed by atoms with Gasteiger partial charge in [-0.25, -0.2) is 9.97 Å². The topological polar surface area (TPSA) is 58.1 Å². The van der Waals surface area contributed by atoms with Crippen molar-refractivity contribution in [1.29, 1.82) is 0 Å². The zero-order chi connectivity index (χ0) is 15.5. The van der Waals surface area contributed by atoms with Gasteiger partial charge in [-0.15, -0.1) is 0 Å². The number of carbonyl (C=O) groups is 1. The van der Waals surface area contributed by atoms with E-state index >= 15 is 0 Å². The molecule has 1 N–H and O–H groups in total. The molecule has 22 heavy (non-hydrogen) atoms. The molecule has 0 saturated carbocycles. The summed E-state index contributed by atoms with van der Waals surface area (Å²) in [4.78, 5) is 23.6. The zero-order valence-electron chi connectivity index (χ0n) is 12.9. The van der Waals surface area contributed by atoms with E-state index in [9.17, 15) is 4.79 Å². The number of carbonyl (C=O) groups excluding carboxylic acids is 1. The molecule has 114 valence electrons. The fourth-order valence-corrected chi connectivity index (χ4v) is 2.86. The highest BCUT2D eigenvalue weighted by atomic mass is 16.2. The number of aryl methyl sites for hydroxylation is 2. The lowest BCUT2D eigenvalue weighted by molar-refractivity contribution is -0.117. The Morgan fingerprint density at radius 3 is 2.55 bits per heavy atom. The minimum absolute atomic E-state index is 0.00598. The van der Waals surface area contributed by atoms with Crippen LogP contribution in [-0.2, 0) is 4.79 Å². The highest BCUT2D eigenvalue weighted by Gasteiger charge is 2.32. The van der Waals surface area contributed by atoms with Crippen LogP contribution in [0.3, 0.4) is 0 Å². The molecule has 0 bridgehead atoms. The quantitative estimate of drug-likeness (QED) is 0.946. The molecule has 2 heterocycles. The monoisotopic (exact) mass is 296 g/mol. The van der Waals surface area contributed by atoms with Gasteiger partial charge in [0.1, 0.15) is 6.04 Å². The largest absolute Gasteiger partial charge is 0.329 e. The van der Waals surface area contributed by atoms with Gasteiger partial charge in [0, 0.05) is 23.6 Å². The van der Waals surface area contributed by atoms with Crippen molar-refractivity contribution in [3.05, 3.63) is 47.8 Å². The molecule has 1 saturated heterocycles. The minimum Gasteiger partial charge on any atom is -0.329 e. The Labute approximate surface area is 130 Å². The van der Waals surface area contributed by atoms with Crippen LogP contribution in [0.4, 0.5) is 11.6 Å². The second-order valence-corrected chi connectivity index (χ2v) is 5.66. The maximum atomic E-state index is 12.6. The fraction of sp³-hybridized carbons (Fsp3) is 0.353. The predicted molar refractivity (Wildman–Crippen MR) is 86.9 cm³/mol. The number of nitrogens with zero attached hydrogens (tertiary/aromatic N) is 3. The van der Waals surface area contributed by atoms with Gasteiger partial charge < -0.3 is 10.2 Å². The molecule has 1 atom stereocenters. The summed E-state index contributed by atoms with van der Waals surface area (Å²) in [5.74, 6) is 0.662. The predicted octanol–water partition coefficient (Wildman–Crippen LogP) is 2.70. The molecule has 0 radical (unpaired) electrons. The van der Waals surface area contributed by atoms with Gasteiger partial charge >= 0.3 is 0 Å². The third kappa shape index (κ3) is 3.08. The Hall–Kier alpha value is -2.43. The summed E-state index contributed by atoms with van der Waals surface area (Å²) in [6.45, 7) is 4.72. The van der Waals surface area contributed by atoms with E-state index in [0.717, 1.165) is 36.5 Å². The molecule has 0 unspecified atom stereocenters. The first-order chi connectivity index (χ1) is 10.6. The Balaban J connectivity index is 1.79. The Bertz CT molecular complexity index is 651. The molecule has 0 aliphatic carbocycles. The van der Waals surface area contributed by atoms with E-state index in [0.29, 0.717) is 5.95 Å². The van der Waals surface area contributed by atoms with Crippen LogP contribution in [0.5, 0.6) is 0 Å². The molecular weight excluding hydrogens is 276 g/mol. The molecule has 1 aromatic carbocycles. The molecule has 1 aliphatic heterocycles. The smallest absolute Gasteiger partial charge is 0.247 e. The van der Waals surface area contributed by atoms with Gasteiger partial charge in [0.2, 0.25) is 11.9 Å². The van der Waals surface area contributed by atoms with Crippen molar-refractivity contribution < 1.29 is 4.79 Å². The van der Waals surface area contributed by atoms with Crippen molar-refractivity contribution in [1.82, 2.24) is 9.97 Å². The number of anilines is 2. The second-order valence-electron chi connectivity index (χ2n) is 5.66. The van der Waals surface area contributed by atoms with E-state index in [1.54, 1.807) is 0 Å². The van der Waals surface area contributed by atoms with E-state index in [-0.39, 0.29) is 11.9 Å². The lowest BCUT2D eigenvalue weighted by atomic mass is 10.2. The number of aromatic nitrogens is 2. The number of amides is 1. The van der Waals surface area contributed by atoms with Gasteiger partial charge in [-0.3, -0.25) is 4.79 Å². The van der Waals surface area contributed by atoms with Crippen LogP contribution in [0.2, 0.25) is 0 Å². The molecule has 1 amide bonds. The third-order valence-electron chi connectivity index (χ3n) is 3.82. The molecule has 2 aromatic rings. The lowest BCUT2D eigenvalue weighted by Gasteiger charge is -2.24. The first-order valence-corrected chi connectivity index (χ1v) is 7.58. The van der Waals surface area contributed by atoms with Crippen molar-refractivity contribution in [3.8, 4) is 0 Å². The Morgan fingerprint density at radius 1 is 1.18 bits per heavy atom. The molecule has 1 aliphatic rings. The summed E-state index contributed by atoms with van der Waals surface area (Å²) in [6.07, 6.45) is 1.80. The SMILES string of the molecule is Cc1cc(C)nc(N2CCC[C@@H]2C(=O)Nc2ccccc2)n1. The van der Waals surface area contributed by atoms with Crippen molar-refractivity contribution in [2.75, 3.05) is 16.8 Å². The third-order valence-corrected chi connectivity index (χ3v) is 3.82. The minimum atomic E-state index is -0.207. The average molecular weight is 296 g/mol. The van der Waals surface area contributed by atoms with Crippen LogP contribution in [0.15, 0.2) is 36.4 Å². The summed E-state index contributed by atoms with van der Waals surface area (Å²) in [6, 6.07) is 11.3. The van der Waals surface area contributed by atoms with Gasteiger partial charge in [-0.05, 0) is 44.9 Å². The Morgan fingerprint density at radius 2 is 1.86 bits per heavy atom. The van der Waals surface area contributed by atoms with Crippen LogP contribution in [0.25, 0.3) is 0 Å². The first-order valence-electron chi connectivity index (χ1n) is 7.58. The van der Waals surface area contributed by atoms with Crippen molar-refractivity contribution in [2.45, 2.75) is 32.7 Å². The van der Waals surface area contributed by atoms with Crippen molar-refractivity contribution >= 4 is 17.5 Å². The van der Waals surface area contributed by atoms with Gasteiger partial charge in [0.25, 0.3) is 0 Å². The summed E-state index contributed by atoms with van der Waals surface area (Å²) in [7, 11) is 0. The number of hydrogen-bond acceptors (Lipinski definition) is 4. The summed E-state index contributed by atoms with van der Waals surface area (Å²) >= 11 is 0. The van der Waals surface area contributed by atoms with Crippen LogP contribution >= 0.6 is 0 Å². The van der Waals surface area contributed by atoms with E-state index in [1.165, 1.54) is 0 Å². The Kier molecular flexibility index (Phi) is 4.04. The highest BCUT2D eigenvalue weighted by molar-refractivity contribution is 5.97. The maximum absolute atomic E-state index is 12.6. The molecule has 0 spiro atoms. The lowest BCUT2D eigenvalue weighted by Crippen LogP contribution is -2.40. The van der Waals surface area contributed by atoms with Crippen LogP contribution in [0.1, 0.15) is 24.2 Å². The van der Waals surface area contributed by atoms with Crippen LogP contribution in [0, 0.1) is 13.8 Å². The fourth-order valence-electron chi connectivity index (χ4n) is 2.86. The second kappa shape index (κ2) is 6.13. The normalized spacial score (nSPS) is 17.5. The summed E-state index contributed by atoms with van der Waals surface area (Å²) in [5.41, 5.74) is 2.67. The van der Waals surface area contributed by atoms with Gasteiger partial charge in [0.15, 0.2) is 0 Å². The first kappa shape index (κ1) is 14.5. The molecule has 5 heteroatoms. The molecule has 1 fully saturated rings. The number of benzene rings is 1. The van der Waals surface area contributed by atoms with Crippen LogP contribution < -0.4 is 10.2 Å². The van der Waals surface area contributed by atoms with E-state index < -0.39 is 0 Å². The average Bonchev–Trinajstić information content (AvgIpc) is 2.97. The van der Waals surface area contributed by atoms with E-state index in [1.807, 2.05) is 55.1 Å². The van der Waals surface area contributed by atoms with Crippen molar-refractivity contribution in [2.24, 2.45) is 0 Å². The summed E-state index contributed by atoms with van der Waals surface area (Å²) in [5, 5.41) is 2.98. The van der Waals surface area contributed by atoms with Gasteiger partial charge in [0.05, 0.1) is 0 Å². The maximum Gasteiger partial charge on any atom is 0.247 e. The molecule has 1 aromatic heterocycles. The van der Waals surface area contributed by atoms with Gasteiger partial charge in [-0.2, -0.15) is 0 Å². The standard InChI is InChI=1S/C17H20N4O/c1-12-11-13(2)19-17(18-12)21-10-6-9-15(21)16(22)20-14-7-4-3-5-8-14/h3-5,7-8,11,15H,6,9-10H2,1-2H3,(H,20,22)/t15-/m1/s1. The number of hydrogen-bond donors (Lipinski definition) is 1. The molecule has 5 nitrogen and oxygen atoms in total. The number of rotatable bonds is 3. The van der Waals surface area contributed by atoms with Crippen molar-refractivity contribution in [3.63, 3.8) is 0 Å².